The van der Waals surface area contributed by atoms with Gasteiger partial charge in [-0.15, -0.1) is 0 Å². The zero-order valence-corrected chi connectivity index (χ0v) is 19.1. The summed E-state index contributed by atoms with van der Waals surface area (Å²) >= 11 is 1.41. The molecule has 0 bridgehead atoms. The number of hydrogen-bond acceptors (Lipinski definition) is 6. The van der Waals surface area contributed by atoms with Crippen LogP contribution in [0.1, 0.15) is 12.8 Å². The van der Waals surface area contributed by atoms with Crippen molar-refractivity contribution < 1.29 is 19.0 Å². The third-order valence-corrected chi connectivity index (χ3v) is 6.25. The molecule has 32 heavy (non-hydrogen) atoms. The molecule has 1 aliphatic rings. The zero-order chi connectivity index (χ0) is 22.3. The van der Waals surface area contributed by atoms with Crippen molar-refractivity contribution in [3.8, 4) is 28.4 Å². The number of carbonyl (C=O) groups is 1. The molecular weight excluding hydrogens is 426 g/mol. The second-order valence-corrected chi connectivity index (χ2v) is 8.38. The molecule has 0 saturated carbocycles. The number of ether oxygens (including phenoxy) is 3. The van der Waals surface area contributed by atoms with Gasteiger partial charge in [0.05, 0.1) is 31.8 Å². The van der Waals surface area contributed by atoms with E-state index in [1.54, 1.807) is 14.2 Å². The fraction of sp³-hybridized carbons (Fsp3) is 0.333. The monoisotopic (exact) mass is 453 g/mol. The predicted octanol–water partition coefficient (Wildman–Crippen LogP) is 3.94. The molecule has 1 atom stereocenters. The van der Waals surface area contributed by atoms with Gasteiger partial charge in [-0.2, -0.15) is 0 Å². The molecule has 7 nitrogen and oxygen atoms in total. The first kappa shape index (κ1) is 22.2. The second-order valence-electron chi connectivity index (χ2n) is 7.43. The van der Waals surface area contributed by atoms with Gasteiger partial charge in [0.1, 0.15) is 11.5 Å². The van der Waals surface area contributed by atoms with Gasteiger partial charge >= 0.3 is 0 Å². The van der Waals surface area contributed by atoms with Crippen LogP contribution in [0.4, 0.5) is 0 Å². The summed E-state index contributed by atoms with van der Waals surface area (Å²) in [6.45, 7) is 1.34. The highest BCUT2D eigenvalue weighted by Crippen LogP contribution is 2.29. The summed E-state index contributed by atoms with van der Waals surface area (Å²) in [6, 6.07) is 15.5. The number of carbonyl (C=O) groups excluding carboxylic acids is 1. The standard InChI is InChI=1S/C24H27N3O4S/c1-29-19-9-5-17(6-10-19)22-15-27(18-7-11-20(30-2)12-8-18)24(26-22)32-16-23(28)25-14-21-4-3-13-31-21/h5-12,15,21H,3-4,13-14,16H2,1-2H3,(H,25,28). The van der Waals surface area contributed by atoms with Gasteiger partial charge in [0.2, 0.25) is 5.91 Å². The molecule has 1 N–H and O–H groups in total. The van der Waals surface area contributed by atoms with E-state index < -0.39 is 0 Å². The van der Waals surface area contributed by atoms with Crippen LogP contribution in [0.5, 0.6) is 11.5 Å². The molecule has 1 unspecified atom stereocenters. The first-order valence-corrected chi connectivity index (χ1v) is 11.5. The summed E-state index contributed by atoms with van der Waals surface area (Å²) in [7, 11) is 3.29. The Morgan fingerprint density at radius 2 is 1.81 bits per heavy atom. The molecular formula is C24H27N3O4S. The fourth-order valence-corrected chi connectivity index (χ4v) is 4.33. The Bertz CT molecular complexity index is 1030. The number of methoxy groups -OCH3 is 2. The van der Waals surface area contributed by atoms with Gasteiger partial charge in [0.15, 0.2) is 5.16 Å². The number of thioether (sulfide) groups is 1. The van der Waals surface area contributed by atoms with E-state index in [1.807, 2.05) is 59.3 Å². The summed E-state index contributed by atoms with van der Waals surface area (Å²) in [4.78, 5) is 17.2. The highest BCUT2D eigenvalue weighted by molar-refractivity contribution is 7.99. The SMILES string of the molecule is COc1ccc(-c2cn(-c3ccc(OC)cc3)c(SCC(=O)NCC3CCCO3)n2)cc1. The second kappa shape index (κ2) is 10.6. The normalized spacial score (nSPS) is 15.5. The van der Waals surface area contributed by atoms with Crippen molar-refractivity contribution in [3.05, 3.63) is 54.7 Å². The maximum absolute atomic E-state index is 12.4. The van der Waals surface area contributed by atoms with Crippen LogP contribution in [0.3, 0.4) is 0 Å². The van der Waals surface area contributed by atoms with E-state index >= 15 is 0 Å². The zero-order valence-electron chi connectivity index (χ0n) is 18.2. The van der Waals surface area contributed by atoms with Gasteiger partial charge in [-0.05, 0) is 61.4 Å². The van der Waals surface area contributed by atoms with Crippen molar-refractivity contribution >= 4 is 17.7 Å². The molecule has 0 spiro atoms. The van der Waals surface area contributed by atoms with E-state index in [0.29, 0.717) is 6.54 Å². The number of aromatic nitrogens is 2. The van der Waals surface area contributed by atoms with Crippen molar-refractivity contribution in [1.29, 1.82) is 0 Å². The van der Waals surface area contributed by atoms with Gasteiger partial charge in [0.25, 0.3) is 0 Å². The van der Waals surface area contributed by atoms with E-state index in [2.05, 4.69) is 5.32 Å². The lowest BCUT2D eigenvalue weighted by molar-refractivity contribution is -0.119. The van der Waals surface area contributed by atoms with Gasteiger partial charge < -0.3 is 19.5 Å². The number of amides is 1. The van der Waals surface area contributed by atoms with Crippen molar-refractivity contribution in [2.24, 2.45) is 0 Å². The van der Waals surface area contributed by atoms with Crippen LogP contribution in [0.2, 0.25) is 0 Å². The lowest BCUT2D eigenvalue weighted by Gasteiger charge is -2.11. The van der Waals surface area contributed by atoms with Gasteiger partial charge in [-0.25, -0.2) is 4.98 Å². The van der Waals surface area contributed by atoms with Crippen molar-refractivity contribution in [2.45, 2.75) is 24.1 Å². The Morgan fingerprint density at radius 3 is 2.44 bits per heavy atom. The number of nitrogens with zero attached hydrogens (tertiary/aromatic N) is 2. The van der Waals surface area contributed by atoms with Crippen LogP contribution in [0.15, 0.2) is 59.9 Å². The number of rotatable bonds is 9. The number of benzene rings is 2. The lowest BCUT2D eigenvalue weighted by atomic mass is 10.1. The lowest BCUT2D eigenvalue weighted by Crippen LogP contribution is -2.32. The Kier molecular flexibility index (Phi) is 7.34. The Labute approximate surface area is 192 Å². The van der Waals surface area contributed by atoms with Gasteiger partial charge in [-0.3, -0.25) is 9.36 Å². The Balaban J connectivity index is 1.52. The van der Waals surface area contributed by atoms with Gasteiger partial charge in [0, 0.05) is 30.6 Å². The summed E-state index contributed by atoms with van der Waals surface area (Å²) in [5.41, 5.74) is 2.74. The van der Waals surface area contributed by atoms with Crippen LogP contribution in [0, 0.1) is 0 Å². The molecule has 1 amide bonds. The molecule has 1 saturated heterocycles. The fourth-order valence-electron chi connectivity index (χ4n) is 3.51. The van der Waals surface area contributed by atoms with Crippen LogP contribution in [-0.2, 0) is 9.53 Å². The average Bonchev–Trinajstić information content (AvgIpc) is 3.52. The Morgan fingerprint density at radius 1 is 1.12 bits per heavy atom. The molecule has 1 aromatic heterocycles. The van der Waals surface area contributed by atoms with Crippen LogP contribution < -0.4 is 14.8 Å². The summed E-state index contributed by atoms with van der Waals surface area (Å²) in [5.74, 6) is 1.83. The molecule has 1 aliphatic heterocycles. The molecule has 4 rings (SSSR count). The number of nitrogens with one attached hydrogen (secondary N) is 1. The minimum Gasteiger partial charge on any atom is -0.497 e. The first-order chi connectivity index (χ1) is 15.7. The smallest absolute Gasteiger partial charge is 0.230 e. The maximum Gasteiger partial charge on any atom is 0.230 e. The topological polar surface area (TPSA) is 74.6 Å². The quantitative estimate of drug-likeness (QED) is 0.495. The maximum atomic E-state index is 12.4. The van der Waals surface area contributed by atoms with Crippen LogP contribution >= 0.6 is 11.8 Å². The Hall–Kier alpha value is -2.97. The summed E-state index contributed by atoms with van der Waals surface area (Å²) in [5, 5.41) is 3.71. The van der Waals surface area contributed by atoms with Crippen molar-refractivity contribution in [1.82, 2.24) is 14.9 Å². The summed E-state index contributed by atoms with van der Waals surface area (Å²) < 4.78 is 18.1. The molecule has 2 aromatic carbocycles. The number of hydrogen-bond donors (Lipinski definition) is 1. The van der Waals surface area contributed by atoms with E-state index in [1.165, 1.54) is 11.8 Å². The highest BCUT2D eigenvalue weighted by atomic mass is 32.2. The van der Waals surface area contributed by atoms with Crippen LogP contribution in [0.25, 0.3) is 16.9 Å². The van der Waals surface area contributed by atoms with E-state index in [4.69, 9.17) is 19.2 Å². The minimum absolute atomic E-state index is 0.0271. The predicted molar refractivity (Wildman–Crippen MR) is 125 cm³/mol. The molecule has 8 heteroatoms. The molecule has 3 aromatic rings. The summed E-state index contributed by atoms with van der Waals surface area (Å²) in [6.07, 6.45) is 4.17. The van der Waals surface area contributed by atoms with E-state index in [9.17, 15) is 4.79 Å². The third kappa shape index (κ3) is 5.44. The molecule has 0 radical (unpaired) electrons. The first-order valence-electron chi connectivity index (χ1n) is 10.6. The van der Waals surface area contributed by atoms with Gasteiger partial charge in [-0.1, -0.05) is 11.8 Å². The molecule has 1 fully saturated rings. The van der Waals surface area contributed by atoms with Crippen molar-refractivity contribution in [2.75, 3.05) is 33.1 Å². The van der Waals surface area contributed by atoms with E-state index in [0.717, 1.165) is 53.0 Å². The number of imidazole rings is 1. The average molecular weight is 454 g/mol. The highest BCUT2D eigenvalue weighted by Gasteiger charge is 2.17. The van der Waals surface area contributed by atoms with Crippen molar-refractivity contribution in [3.63, 3.8) is 0 Å². The van der Waals surface area contributed by atoms with Crippen LogP contribution in [-0.4, -0.2) is 54.7 Å². The molecule has 2 heterocycles. The van der Waals surface area contributed by atoms with E-state index in [-0.39, 0.29) is 17.8 Å². The minimum atomic E-state index is -0.0271. The third-order valence-electron chi connectivity index (χ3n) is 5.29. The molecule has 0 aliphatic carbocycles. The molecule has 168 valence electrons. The largest absolute Gasteiger partial charge is 0.497 e.